The summed E-state index contributed by atoms with van der Waals surface area (Å²) in [5, 5.41) is 2.01. The molecule has 0 spiro atoms. The number of aromatic nitrogens is 3. The summed E-state index contributed by atoms with van der Waals surface area (Å²) in [5.41, 5.74) is 8.30. The molecular formula is C10H10N4OS. The number of oxazole rings is 1. The summed E-state index contributed by atoms with van der Waals surface area (Å²) in [4.78, 5) is 9.39. The first-order valence-electron chi connectivity index (χ1n) is 4.85. The van der Waals surface area contributed by atoms with Crippen LogP contribution in [-0.4, -0.2) is 14.4 Å². The molecule has 82 valence electrons. The smallest absolute Gasteiger partial charge is 0.194 e. The Bertz CT molecular complexity index is 636. The first kappa shape index (κ1) is 9.56. The molecule has 2 N–H and O–H groups in total. The van der Waals surface area contributed by atoms with Crippen LogP contribution in [-0.2, 0) is 6.54 Å². The van der Waals surface area contributed by atoms with Crippen molar-refractivity contribution in [1.29, 1.82) is 0 Å². The van der Waals surface area contributed by atoms with Crippen molar-refractivity contribution in [3.63, 3.8) is 0 Å². The lowest BCUT2D eigenvalue weighted by molar-refractivity contribution is 0.569. The van der Waals surface area contributed by atoms with Crippen molar-refractivity contribution in [1.82, 2.24) is 14.4 Å². The van der Waals surface area contributed by atoms with Gasteiger partial charge in [-0.1, -0.05) is 0 Å². The lowest BCUT2D eigenvalue weighted by Gasteiger charge is -1.94. The molecule has 0 aliphatic rings. The second-order valence-electron chi connectivity index (χ2n) is 3.48. The quantitative estimate of drug-likeness (QED) is 0.734. The van der Waals surface area contributed by atoms with Gasteiger partial charge in [0.1, 0.15) is 5.69 Å². The maximum absolute atomic E-state index is 5.56. The van der Waals surface area contributed by atoms with Gasteiger partial charge in [0.15, 0.2) is 17.1 Å². The maximum Gasteiger partial charge on any atom is 0.194 e. The fraction of sp³-hybridized carbons (Fsp3) is 0.200. The Hall–Kier alpha value is -1.66. The van der Waals surface area contributed by atoms with Gasteiger partial charge in [0, 0.05) is 18.1 Å². The molecule has 0 atom stereocenters. The topological polar surface area (TPSA) is 69.3 Å². The monoisotopic (exact) mass is 234 g/mol. The Morgan fingerprint density at radius 1 is 1.56 bits per heavy atom. The van der Waals surface area contributed by atoms with Gasteiger partial charge in [-0.05, 0) is 6.92 Å². The third-order valence-electron chi connectivity index (χ3n) is 2.45. The third-order valence-corrected chi connectivity index (χ3v) is 3.29. The van der Waals surface area contributed by atoms with E-state index in [0.29, 0.717) is 6.54 Å². The number of nitrogens with two attached hydrogens (primary N) is 1. The van der Waals surface area contributed by atoms with Gasteiger partial charge in [0.25, 0.3) is 0 Å². The van der Waals surface area contributed by atoms with Gasteiger partial charge < -0.3 is 10.2 Å². The maximum atomic E-state index is 5.56. The first-order valence-corrected chi connectivity index (χ1v) is 5.73. The Labute approximate surface area is 95.6 Å². The van der Waals surface area contributed by atoms with Crippen molar-refractivity contribution in [3.8, 4) is 11.5 Å². The predicted molar refractivity (Wildman–Crippen MR) is 61.2 cm³/mol. The van der Waals surface area contributed by atoms with E-state index >= 15 is 0 Å². The number of nitrogens with zero attached hydrogens (tertiary/aromatic N) is 3. The molecule has 0 aromatic carbocycles. The number of rotatable bonds is 2. The fourth-order valence-electron chi connectivity index (χ4n) is 1.64. The van der Waals surface area contributed by atoms with Crippen LogP contribution in [0.4, 0.5) is 0 Å². The van der Waals surface area contributed by atoms with E-state index in [1.54, 1.807) is 11.3 Å². The summed E-state index contributed by atoms with van der Waals surface area (Å²) in [7, 11) is 0. The lowest BCUT2D eigenvalue weighted by Crippen LogP contribution is -1.95. The fourth-order valence-corrected chi connectivity index (χ4v) is 2.51. The summed E-state index contributed by atoms with van der Waals surface area (Å²) < 4.78 is 7.36. The van der Waals surface area contributed by atoms with Crippen LogP contribution >= 0.6 is 11.3 Å². The molecule has 0 aliphatic heterocycles. The van der Waals surface area contributed by atoms with Gasteiger partial charge in [0.05, 0.1) is 11.4 Å². The van der Waals surface area contributed by atoms with E-state index in [1.807, 2.05) is 22.9 Å². The number of hydrogen-bond donors (Lipinski definition) is 1. The molecule has 16 heavy (non-hydrogen) atoms. The second-order valence-corrected chi connectivity index (χ2v) is 4.31. The van der Waals surface area contributed by atoms with Crippen LogP contribution in [0.1, 0.15) is 11.4 Å². The molecule has 0 aliphatic carbocycles. The molecule has 3 rings (SSSR count). The van der Waals surface area contributed by atoms with Crippen molar-refractivity contribution in [2.75, 3.05) is 0 Å². The van der Waals surface area contributed by atoms with Gasteiger partial charge >= 0.3 is 0 Å². The molecule has 0 unspecified atom stereocenters. The van der Waals surface area contributed by atoms with E-state index in [4.69, 9.17) is 10.2 Å². The zero-order valence-corrected chi connectivity index (χ0v) is 9.49. The average Bonchev–Trinajstić information content (AvgIpc) is 2.92. The zero-order chi connectivity index (χ0) is 11.1. The van der Waals surface area contributed by atoms with Crippen LogP contribution in [0.25, 0.3) is 16.4 Å². The van der Waals surface area contributed by atoms with Crippen molar-refractivity contribution >= 4 is 16.3 Å². The zero-order valence-electron chi connectivity index (χ0n) is 8.67. The molecule has 0 saturated heterocycles. The minimum Gasteiger partial charge on any atom is -0.442 e. The molecule has 0 fully saturated rings. The lowest BCUT2D eigenvalue weighted by atomic mass is 10.3. The van der Waals surface area contributed by atoms with Crippen LogP contribution in [0.3, 0.4) is 0 Å². The molecule has 0 radical (unpaired) electrons. The number of imidazole rings is 1. The summed E-state index contributed by atoms with van der Waals surface area (Å²) in [6, 6.07) is 0. The van der Waals surface area contributed by atoms with Crippen molar-refractivity contribution in [3.05, 3.63) is 29.4 Å². The Kier molecular flexibility index (Phi) is 2.05. The highest BCUT2D eigenvalue weighted by Crippen LogP contribution is 2.28. The molecule has 0 saturated carbocycles. The third kappa shape index (κ3) is 1.27. The van der Waals surface area contributed by atoms with Gasteiger partial charge in [-0.25, -0.2) is 9.97 Å². The van der Waals surface area contributed by atoms with E-state index in [-0.39, 0.29) is 0 Å². The van der Waals surface area contributed by atoms with Gasteiger partial charge in [-0.15, -0.1) is 11.3 Å². The predicted octanol–water partition coefficient (Wildman–Crippen LogP) is 1.82. The Morgan fingerprint density at radius 3 is 3.12 bits per heavy atom. The first-order chi connectivity index (χ1) is 7.79. The number of aryl methyl sites for hydroxylation is 1. The van der Waals surface area contributed by atoms with E-state index < -0.39 is 0 Å². The highest BCUT2D eigenvalue weighted by Gasteiger charge is 2.14. The largest absolute Gasteiger partial charge is 0.442 e. The minimum absolute atomic E-state index is 0.448. The standard InChI is InChI=1S/C10H10N4OS/c1-6-9(15-5-12-6)8-4-16-10-13-7(2-11)3-14(8)10/h3-5H,2,11H2,1H3. The highest BCUT2D eigenvalue weighted by molar-refractivity contribution is 7.15. The van der Waals surface area contributed by atoms with Gasteiger partial charge in [-0.2, -0.15) is 0 Å². The van der Waals surface area contributed by atoms with Crippen molar-refractivity contribution in [2.45, 2.75) is 13.5 Å². The molecule has 6 heteroatoms. The van der Waals surface area contributed by atoms with Crippen LogP contribution < -0.4 is 5.73 Å². The minimum atomic E-state index is 0.448. The number of thiazole rings is 1. The molecule has 3 aromatic rings. The second kappa shape index (κ2) is 3.43. The molecule has 3 aromatic heterocycles. The van der Waals surface area contributed by atoms with Crippen LogP contribution in [0.2, 0.25) is 0 Å². The Morgan fingerprint density at radius 2 is 2.44 bits per heavy atom. The summed E-state index contributed by atoms with van der Waals surface area (Å²) in [6.07, 6.45) is 3.39. The van der Waals surface area contributed by atoms with Gasteiger partial charge in [0.2, 0.25) is 0 Å². The average molecular weight is 234 g/mol. The number of fused-ring (bicyclic) bond motifs is 1. The van der Waals surface area contributed by atoms with Crippen LogP contribution in [0.5, 0.6) is 0 Å². The summed E-state index contributed by atoms with van der Waals surface area (Å²) in [6.45, 7) is 2.37. The number of hydrogen-bond acceptors (Lipinski definition) is 5. The summed E-state index contributed by atoms with van der Waals surface area (Å²) >= 11 is 1.57. The normalized spacial score (nSPS) is 11.4. The molecule has 0 bridgehead atoms. The van der Waals surface area contributed by atoms with Crippen molar-refractivity contribution in [2.24, 2.45) is 5.73 Å². The molecule has 0 amide bonds. The Balaban J connectivity index is 2.24. The SMILES string of the molecule is Cc1ncoc1-c1csc2nc(CN)cn12. The molecule has 3 heterocycles. The van der Waals surface area contributed by atoms with E-state index in [0.717, 1.165) is 27.8 Å². The van der Waals surface area contributed by atoms with E-state index in [1.165, 1.54) is 6.39 Å². The van der Waals surface area contributed by atoms with E-state index in [2.05, 4.69) is 9.97 Å². The van der Waals surface area contributed by atoms with Crippen LogP contribution in [0, 0.1) is 6.92 Å². The highest BCUT2D eigenvalue weighted by atomic mass is 32.1. The van der Waals surface area contributed by atoms with Gasteiger partial charge in [-0.3, -0.25) is 4.40 Å². The summed E-state index contributed by atoms with van der Waals surface area (Å²) in [5.74, 6) is 0.784. The molecular weight excluding hydrogens is 224 g/mol. The molecule has 5 nitrogen and oxygen atoms in total. The van der Waals surface area contributed by atoms with E-state index in [9.17, 15) is 0 Å². The van der Waals surface area contributed by atoms with Crippen LogP contribution in [0.15, 0.2) is 22.4 Å². The van der Waals surface area contributed by atoms with Crippen molar-refractivity contribution < 1.29 is 4.42 Å².